The summed E-state index contributed by atoms with van der Waals surface area (Å²) >= 11 is 1.33. The number of fused-ring (bicyclic) bond motifs is 1. The molecule has 0 aromatic heterocycles. The van der Waals surface area contributed by atoms with Crippen LogP contribution in [0.15, 0.2) is 47.7 Å². The zero-order chi connectivity index (χ0) is 19.6. The summed E-state index contributed by atoms with van der Waals surface area (Å²) < 4.78 is 35.4. The number of halogens is 3. The Labute approximate surface area is 171 Å². The fraction of sp³-hybridized carbons (Fsp3) is 0.333. The molecule has 1 aromatic rings. The van der Waals surface area contributed by atoms with E-state index in [0.29, 0.717) is 23.2 Å². The minimum absolute atomic E-state index is 0. The molecule has 2 aliphatic rings. The van der Waals surface area contributed by atoms with Crippen LogP contribution >= 0.6 is 24.2 Å². The number of β-lactam (4-membered cyclic amide) rings is 1. The van der Waals surface area contributed by atoms with Crippen molar-refractivity contribution < 1.29 is 27.8 Å². The van der Waals surface area contributed by atoms with Gasteiger partial charge in [0.05, 0.1) is 7.11 Å². The molecule has 0 spiro atoms. The molecule has 10 heteroatoms. The first-order valence-corrected chi connectivity index (χ1v) is 9.17. The normalized spacial score (nSPS) is 21.3. The number of nitrogens with zero attached hydrogens (tertiary/aromatic N) is 1. The minimum Gasteiger partial charge on any atom is -0.497 e. The molecular weight excluding hydrogens is 414 g/mol. The number of allylic oxidation sites excluding steroid dienone is 2. The Hall–Kier alpha value is -2.10. The van der Waals surface area contributed by atoms with E-state index in [0.717, 1.165) is 11.6 Å². The molecule has 1 aromatic carbocycles. The molecular formula is C18H19ClF2N2O4S. The van der Waals surface area contributed by atoms with Gasteiger partial charge in [-0.05, 0) is 29.3 Å². The maximum atomic E-state index is 12.6. The standard InChI is InChI=1S/C18H18F2N2O4S.ClH/c1-25-12-5-2-10(3-6-12)8-26-18(24)15-11(4-7-13(19)20)9-27-17-14(21)16(23)22(15)17;/h2-7,13-14,17H,8-9,21H2,1H3;1H/b7-4-;/t14-,17-;/m1./s1. The van der Waals surface area contributed by atoms with Crippen LogP contribution < -0.4 is 10.5 Å². The van der Waals surface area contributed by atoms with Gasteiger partial charge in [-0.25, -0.2) is 13.6 Å². The fourth-order valence-corrected chi connectivity index (χ4v) is 4.05. The van der Waals surface area contributed by atoms with E-state index in [2.05, 4.69) is 0 Å². The molecule has 2 N–H and O–H groups in total. The monoisotopic (exact) mass is 432 g/mol. The van der Waals surface area contributed by atoms with Crippen molar-refractivity contribution in [1.29, 1.82) is 0 Å². The number of nitrogens with two attached hydrogens (primary N) is 1. The van der Waals surface area contributed by atoms with Gasteiger partial charge in [0.2, 0.25) is 5.91 Å². The van der Waals surface area contributed by atoms with Crippen LogP contribution in [-0.2, 0) is 20.9 Å². The Bertz CT molecular complexity index is 801. The lowest BCUT2D eigenvalue weighted by Crippen LogP contribution is -2.68. The van der Waals surface area contributed by atoms with Crippen LogP contribution in [0.3, 0.4) is 0 Å². The third kappa shape index (κ3) is 4.48. The van der Waals surface area contributed by atoms with E-state index in [1.54, 1.807) is 31.4 Å². The Morgan fingerprint density at radius 2 is 2.07 bits per heavy atom. The number of ether oxygens (including phenoxy) is 2. The zero-order valence-corrected chi connectivity index (χ0v) is 16.5. The van der Waals surface area contributed by atoms with Gasteiger partial charge in [0, 0.05) is 5.75 Å². The number of esters is 1. The molecule has 0 bridgehead atoms. The predicted molar refractivity (Wildman–Crippen MR) is 103 cm³/mol. The molecule has 6 nitrogen and oxygen atoms in total. The molecule has 28 heavy (non-hydrogen) atoms. The number of benzene rings is 1. The molecule has 1 fully saturated rings. The van der Waals surface area contributed by atoms with Crippen molar-refractivity contribution in [1.82, 2.24) is 4.90 Å². The fourth-order valence-electron chi connectivity index (χ4n) is 2.78. The van der Waals surface area contributed by atoms with E-state index in [4.69, 9.17) is 15.2 Å². The number of methoxy groups -OCH3 is 1. The lowest BCUT2D eigenvalue weighted by molar-refractivity contribution is -0.151. The summed E-state index contributed by atoms with van der Waals surface area (Å²) in [5, 5.41) is -0.385. The first kappa shape index (κ1) is 22.2. The highest BCUT2D eigenvalue weighted by Gasteiger charge is 2.51. The maximum Gasteiger partial charge on any atom is 0.355 e. The van der Waals surface area contributed by atoms with Crippen LogP contribution in [0.1, 0.15) is 5.56 Å². The summed E-state index contributed by atoms with van der Waals surface area (Å²) in [6, 6.07) is 6.22. The number of alkyl halides is 2. The van der Waals surface area contributed by atoms with Crippen LogP contribution in [0.25, 0.3) is 0 Å². The number of rotatable bonds is 6. The van der Waals surface area contributed by atoms with Gasteiger partial charge in [-0.15, -0.1) is 24.2 Å². The second kappa shape index (κ2) is 9.40. The smallest absolute Gasteiger partial charge is 0.355 e. The first-order chi connectivity index (χ1) is 12.9. The second-order valence-electron chi connectivity index (χ2n) is 5.93. The molecule has 2 heterocycles. The minimum atomic E-state index is -2.66. The maximum absolute atomic E-state index is 12.6. The number of thioether (sulfide) groups is 1. The molecule has 0 saturated carbocycles. The van der Waals surface area contributed by atoms with Crippen molar-refractivity contribution in [3.63, 3.8) is 0 Å². The lowest BCUT2D eigenvalue weighted by atomic mass is 10.0. The topological polar surface area (TPSA) is 81.9 Å². The summed E-state index contributed by atoms with van der Waals surface area (Å²) in [6.45, 7) is -0.0237. The Morgan fingerprint density at radius 3 is 2.68 bits per heavy atom. The van der Waals surface area contributed by atoms with Crippen molar-refractivity contribution in [2.45, 2.75) is 24.4 Å². The predicted octanol–water partition coefficient (Wildman–Crippen LogP) is 2.48. The molecule has 3 rings (SSSR count). The van der Waals surface area contributed by atoms with Gasteiger partial charge in [-0.1, -0.05) is 18.2 Å². The number of carbonyl (C=O) groups is 2. The van der Waals surface area contributed by atoms with Gasteiger partial charge < -0.3 is 15.2 Å². The number of carbonyl (C=O) groups excluding carboxylic acids is 2. The first-order valence-electron chi connectivity index (χ1n) is 8.12. The zero-order valence-electron chi connectivity index (χ0n) is 14.8. The highest BCUT2D eigenvalue weighted by molar-refractivity contribution is 8.00. The van der Waals surface area contributed by atoms with E-state index in [-0.39, 0.29) is 30.1 Å². The van der Waals surface area contributed by atoms with Crippen LogP contribution in [0, 0.1) is 0 Å². The van der Waals surface area contributed by atoms with E-state index in [9.17, 15) is 18.4 Å². The van der Waals surface area contributed by atoms with Crippen LogP contribution in [0.4, 0.5) is 8.78 Å². The molecule has 0 aliphatic carbocycles. The summed E-state index contributed by atoms with van der Waals surface area (Å²) in [7, 11) is 1.54. The van der Waals surface area contributed by atoms with Crippen LogP contribution in [-0.4, -0.2) is 47.5 Å². The Morgan fingerprint density at radius 1 is 1.39 bits per heavy atom. The van der Waals surface area contributed by atoms with E-state index < -0.39 is 24.3 Å². The summed E-state index contributed by atoms with van der Waals surface area (Å²) in [4.78, 5) is 26.0. The Kier molecular flexibility index (Phi) is 7.45. The lowest BCUT2D eigenvalue weighted by Gasteiger charge is -2.48. The number of hydrogen-bond acceptors (Lipinski definition) is 6. The number of amides is 1. The Balaban J connectivity index is 0.00000280. The van der Waals surface area contributed by atoms with Crippen LogP contribution in [0.2, 0.25) is 0 Å². The molecule has 2 aliphatic heterocycles. The number of hydrogen-bond donors (Lipinski definition) is 1. The molecule has 1 saturated heterocycles. The van der Waals surface area contributed by atoms with Gasteiger partial charge in [0.15, 0.2) is 0 Å². The second-order valence-corrected chi connectivity index (χ2v) is 7.03. The molecule has 152 valence electrons. The van der Waals surface area contributed by atoms with Gasteiger partial charge in [0.1, 0.15) is 29.5 Å². The van der Waals surface area contributed by atoms with Crippen molar-refractivity contribution >= 4 is 36.0 Å². The molecule has 1 amide bonds. The average molecular weight is 433 g/mol. The quantitative estimate of drug-likeness (QED) is 0.549. The molecule has 0 radical (unpaired) electrons. The van der Waals surface area contributed by atoms with Gasteiger partial charge in [0.25, 0.3) is 6.43 Å². The van der Waals surface area contributed by atoms with Gasteiger partial charge in [-0.2, -0.15) is 0 Å². The van der Waals surface area contributed by atoms with E-state index >= 15 is 0 Å². The third-order valence-electron chi connectivity index (χ3n) is 4.20. The van der Waals surface area contributed by atoms with Gasteiger partial charge in [-0.3, -0.25) is 9.69 Å². The van der Waals surface area contributed by atoms with Crippen LogP contribution in [0.5, 0.6) is 5.75 Å². The third-order valence-corrected chi connectivity index (χ3v) is 5.53. The highest BCUT2D eigenvalue weighted by atomic mass is 35.5. The van der Waals surface area contributed by atoms with Gasteiger partial charge >= 0.3 is 5.97 Å². The SMILES string of the molecule is COc1ccc(COC(=O)C2=C(/C=C\C(F)F)CS[C@@H]3[C@H](N)C(=O)N23)cc1.Cl. The summed E-state index contributed by atoms with van der Waals surface area (Å²) in [5.41, 5.74) is 6.79. The molecule has 0 unspecified atom stereocenters. The van der Waals surface area contributed by atoms with Crippen molar-refractivity contribution in [2.24, 2.45) is 5.73 Å². The van der Waals surface area contributed by atoms with E-state index in [1.165, 1.54) is 16.7 Å². The summed E-state index contributed by atoms with van der Waals surface area (Å²) in [5.74, 6) is -0.213. The van der Waals surface area contributed by atoms with Crippen molar-refractivity contribution in [3.05, 3.63) is 53.3 Å². The highest BCUT2D eigenvalue weighted by Crippen LogP contribution is 2.40. The average Bonchev–Trinajstić information content (AvgIpc) is 2.69. The van der Waals surface area contributed by atoms with E-state index in [1.807, 2.05) is 0 Å². The largest absolute Gasteiger partial charge is 0.497 e. The van der Waals surface area contributed by atoms with Crippen molar-refractivity contribution in [3.8, 4) is 5.75 Å². The van der Waals surface area contributed by atoms with Crippen molar-refractivity contribution in [2.75, 3.05) is 12.9 Å². The summed E-state index contributed by atoms with van der Waals surface area (Å²) in [6.07, 6.45) is -0.822. The molecule has 2 atom stereocenters.